The van der Waals surface area contributed by atoms with Crippen LogP contribution in [-0.2, 0) is 16.1 Å². The van der Waals surface area contributed by atoms with Gasteiger partial charge in [0.1, 0.15) is 11.8 Å². The van der Waals surface area contributed by atoms with Crippen LogP contribution in [0.2, 0.25) is 5.02 Å². The molecule has 0 spiro atoms. The number of hydrogen-bond donors (Lipinski definition) is 1. The number of rotatable bonds is 11. The molecule has 2 aromatic rings. The number of carbonyl (C=O) groups excluding carboxylic acids is 2. The molecule has 0 aromatic heterocycles. The van der Waals surface area contributed by atoms with Gasteiger partial charge in [0.2, 0.25) is 11.7 Å². The monoisotopic (exact) mass is 477 g/mol. The minimum absolute atomic E-state index is 0.0158. The maximum atomic E-state index is 13.1. The Balaban J connectivity index is 2.20. The van der Waals surface area contributed by atoms with Gasteiger partial charge < -0.3 is 19.7 Å². The van der Waals surface area contributed by atoms with E-state index in [9.17, 15) is 19.7 Å². The van der Waals surface area contributed by atoms with E-state index in [1.54, 1.807) is 25.1 Å². The minimum atomic E-state index is -0.763. The third kappa shape index (κ3) is 7.35. The zero-order chi connectivity index (χ0) is 24.5. The first kappa shape index (κ1) is 25.9. The molecule has 0 fully saturated rings. The number of nitrogens with one attached hydrogen (secondary N) is 1. The molecule has 2 aromatic carbocycles. The molecule has 2 rings (SSSR count). The summed E-state index contributed by atoms with van der Waals surface area (Å²) >= 11 is 6.08. The quantitative estimate of drug-likeness (QED) is 0.387. The van der Waals surface area contributed by atoms with E-state index in [0.29, 0.717) is 5.02 Å². The summed E-state index contributed by atoms with van der Waals surface area (Å²) in [5.74, 6) is -0.469. The van der Waals surface area contributed by atoms with Gasteiger partial charge in [0, 0.05) is 29.7 Å². The van der Waals surface area contributed by atoms with Crippen molar-refractivity contribution in [2.45, 2.75) is 45.8 Å². The second-order valence-electron chi connectivity index (χ2n) is 7.52. The Labute approximate surface area is 197 Å². The van der Waals surface area contributed by atoms with E-state index in [-0.39, 0.29) is 42.3 Å². The van der Waals surface area contributed by atoms with Crippen molar-refractivity contribution in [3.8, 4) is 11.5 Å². The number of halogens is 1. The number of methoxy groups -OCH3 is 1. The highest BCUT2D eigenvalue weighted by Gasteiger charge is 2.27. The SMILES string of the molecule is CC[C@H](C)NC(=O)[C@@H](C)N(Cc1cccc(Cl)c1)C(=O)COc1ccc([N+](=O)[O-])c(OC)c1. The van der Waals surface area contributed by atoms with Crippen molar-refractivity contribution >= 4 is 29.1 Å². The predicted molar refractivity (Wildman–Crippen MR) is 125 cm³/mol. The van der Waals surface area contributed by atoms with Gasteiger partial charge in [-0.25, -0.2) is 0 Å². The Morgan fingerprint density at radius 2 is 1.94 bits per heavy atom. The van der Waals surface area contributed by atoms with E-state index in [4.69, 9.17) is 21.1 Å². The first-order valence-corrected chi connectivity index (χ1v) is 10.8. The Morgan fingerprint density at radius 3 is 2.55 bits per heavy atom. The van der Waals surface area contributed by atoms with Gasteiger partial charge in [-0.2, -0.15) is 0 Å². The van der Waals surface area contributed by atoms with Crippen LogP contribution in [0.1, 0.15) is 32.8 Å². The molecule has 1 N–H and O–H groups in total. The van der Waals surface area contributed by atoms with Gasteiger partial charge in [0.25, 0.3) is 5.91 Å². The number of nitro groups is 1. The van der Waals surface area contributed by atoms with Crippen LogP contribution in [0.25, 0.3) is 0 Å². The van der Waals surface area contributed by atoms with Crippen molar-refractivity contribution in [3.63, 3.8) is 0 Å². The van der Waals surface area contributed by atoms with E-state index in [1.165, 1.54) is 30.2 Å². The Kier molecular flexibility index (Phi) is 9.47. The fraction of sp³-hybridized carbons (Fsp3) is 0.391. The van der Waals surface area contributed by atoms with E-state index in [1.807, 2.05) is 19.9 Å². The van der Waals surface area contributed by atoms with E-state index >= 15 is 0 Å². The highest BCUT2D eigenvalue weighted by molar-refractivity contribution is 6.30. The summed E-state index contributed by atoms with van der Waals surface area (Å²) in [5.41, 5.74) is 0.546. The molecule has 10 heteroatoms. The van der Waals surface area contributed by atoms with Crippen molar-refractivity contribution in [2.24, 2.45) is 0 Å². The number of hydrogen-bond acceptors (Lipinski definition) is 6. The zero-order valence-corrected chi connectivity index (χ0v) is 19.8. The molecule has 0 heterocycles. The fourth-order valence-corrected chi connectivity index (χ4v) is 3.22. The molecule has 0 saturated heterocycles. The third-order valence-electron chi connectivity index (χ3n) is 5.12. The van der Waals surface area contributed by atoms with Gasteiger partial charge in [-0.1, -0.05) is 30.7 Å². The Morgan fingerprint density at radius 1 is 1.21 bits per heavy atom. The molecule has 0 aliphatic rings. The summed E-state index contributed by atoms with van der Waals surface area (Å²) in [4.78, 5) is 37.7. The van der Waals surface area contributed by atoms with Crippen LogP contribution < -0.4 is 14.8 Å². The van der Waals surface area contributed by atoms with Crippen LogP contribution in [0.5, 0.6) is 11.5 Å². The maximum absolute atomic E-state index is 13.1. The number of carbonyl (C=O) groups is 2. The highest BCUT2D eigenvalue weighted by atomic mass is 35.5. The molecule has 0 aliphatic carbocycles. The predicted octanol–water partition coefficient (Wildman–Crippen LogP) is 3.97. The number of nitrogens with zero attached hydrogens (tertiary/aromatic N) is 2. The van der Waals surface area contributed by atoms with Gasteiger partial charge in [-0.3, -0.25) is 19.7 Å². The Hall–Kier alpha value is -3.33. The smallest absolute Gasteiger partial charge is 0.311 e. The summed E-state index contributed by atoms with van der Waals surface area (Å²) in [6.45, 7) is 5.27. The topological polar surface area (TPSA) is 111 Å². The van der Waals surface area contributed by atoms with Gasteiger partial charge in [0.15, 0.2) is 6.61 Å². The van der Waals surface area contributed by atoms with Crippen LogP contribution in [0.3, 0.4) is 0 Å². The zero-order valence-electron chi connectivity index (χ0n) is 19.0. The van der Waals surface area contributed by atoms with E-state index in [0.717, 1.165) is 12.0 Å². The lowest BCUT2D eigenvalue weighted by atomic mass is 10.1. The Bertz CT molecular complexity index is 1000. The molecule has 0 bridgehead atoms. The molecule has 0 saturated carbocycles. The van der Waals surface area contributed by atoms with Gasteiger partial charge >= 0.3 is 5.69 Å². The normalized spacial score (nSPS) is 12.4. The van der Waals surface area contributed by atoms with Crippen molar-refractivity contribution in [1.29, 1.82) is 0 Å². The minimum Gasteiger partial charge on any atom is -0.490 e. The van der Waals surface area contributed by atoms with Crippen LogP contribution in [0, 0.1) is 10.1 Å². The average Bonchev–Trinajstić information content (AvgIpc) is 2.80. The maximum Gasteiger partial charge on any atom is 0.311 e. The number of nitro benzene ring substituents is 1. The molecule has 9 nitrogen and oxygen atoms in total. The largest absolute Gasteiger partial charge is 0.490 e. The molecule has 2 atom stereocenters. The number of benzene rings is 2. The molecule has 178 valence electrons. The van der Waals surface area contributed by atoms with Gasteiger partial charge in [-0.05, 0) is 44.0 Å². The molecule has 0 aliphatic heterocycles. The summed E-state index contributed by atoms with van der Waals surface area (Å²) in [6, 6.07) is 10.2. The van der Waals surface area contributed by atoms with E-state index in [2.05, 4.69) is 5.32 Å². The molecule has 33 heavy (non-hydrogen) atoms. The third-order valence-corrected chi connectivity index (χ3v) is 5.36. The van der Waals surface area contributed by atoms with Crippen molar-refractivity contribution in [1.82, 2.24) is 10.2 Å². The van der Waals surface area contributed by atoms with E-state index < -0.39 is 16.9 Å². The lowest BCUT2D eigenvalue weighted by Crippen LogP contribution is -2.50. The summed E-state index contributed by atoms with van der Waals surface area (Å²) in [6.07, 6.45) is 0.756. The molecule has 2 amide bonds. The van der Waals surface area contributed by atoms with Gasteiger partial charge in [0.05, 0.1) is 12.0 Å². The summed E-state index contributed by atoms with van der Waals surface area (Å²) < 4.78 is 10.6. The summed E-state index contributed by atoms with van der Waals surface area (Å²) in [5, 5.41) is 14.5. The fourth-order valence-electron chi connectivity index (χ4n) is 3.01. The highest BCUT2D eigenvalue weighted by Crippen LogP contribution is 2.30. The molecule has 0 unspecified atom stereocenters. The van der Waals surface area contributed by atoms with Crippen LogP contribution >= 0.6 is 11.6 Å². The molecular weight excluding hydrogens is 450 g/mol. The second kappa shape index (κ2) is 12.1. The van der Waals surface area contributed by atoms with Crippen molar-refractivity contribution in [2.75, 3.05) is 13.7 Å². The number of amides is 2. The van der Waals surface area contributed by atoms with Gasteiger partial charge in [-0.15, -0.1) is 0 Å². The van der Waals surface area contributed by atoms with Crippen LogP contribution in [-0.4, -0.2) is 47.4 Å². The second-order valence-corrected chi connectivity index (χ2v) is 7.96. The number of ether oxygens (including phenoxy) is 2. The first-order valence-electron chi connectivity index (χ1n) is 10.5. The van der Waals surface area contributed by atoms with Crippen LogP contribution in [0.4, 0.5) is 5.69 Å². The molecular formula is C23H28ClN3O6. The standard InChI is InChI=1S/C23H28ClN3O6/c1-5-15(2)25-23(29)16(3)26(13-17-7-6-8-18(24)11-17)22(28)14-33-19-9-10-20(27(30)31)21(12-19)32-4/h6-12,15-16H,5,13-14H2,1-4H3,(H,25,29)/t15-,16+/m0/s1. The molecule has 0 radical (unpaired) electrons. The van der Waals surface area contributed by atoms with Crippen molar-refractivity contribution < 1.29 is 24.0 Å². The average molecular weight is 478 g/mol. The lowest BCUT2D eigenvalue weighted by molar-refractivity contribution is -0.385. The first-order chi connectivity index (χ1) is 15.7. The van der Waals surface area contributed by atoms with Crippen molar-refractivity contribution in [3.05, 3.63) is 63.2 Å². The lowest BCUT2D eigenvalue weighted by Gasteiger charge is -2.29. The van der Waals surface area contributed by atoms with Crippen LogP contribution in [0.15, 0.2) is 42.5 Å². The summed E-state index contributed by atoms with van der Waals surface area (Å²) in [7, 11) is 1.31.